The lowest BCUT2D eigenvalue weighted by molar-refractivity contribution is -0.384. The number of hydrogen-bond acceptors (Lipinski definition) is 4. The van der Waals surface area contributed by atoms with E-state index in [0.29, 0.717) is 30.4 Å². The first kappa shape index (κ1) is 15.0. The average molecular weight is 292 g/mol. The van der Waals surface area contributed by atoms with Crippen LogP contribution in [0.15, 0.2) is 18.2 Å². The molecule has 2 atom stereocenters. The first-order chi connectivity index (χ1) is 9.88. The van der Waals surface area contributed by atoms with Gasteiger partial charge in [0.25, 0.3) is 11.6 Å². The summed E-state index contributed by atoms with van der Waals surface area (Å²) in [6, 6.07) is 3.90. The van der Waals surface area contributed by atoms with Crippen molar-refractivity contribution in [2.45, 2.75) is 32.2 Å². The summed E-state index contributed by atoms with van der Waals surface area (Å²) in [5.74, 6) is -1.56. The van der Waals surface area contributed by atoms with Crippen LogP contribution in [0.1, 0.15) is 35.2 Å². The van der Waals surface area contributed by atoms with Gasteiger partial charge in [-0.3, -0.25) is 19.7 Å². The zero-order valence-corrected chi connectivity index (χ0v) is 11.5. The molecule has 7 nitrogen and oxygen atoms in total. The van der Waals surface area contributed by atoms with Crippen molar-refractivity contribution >= 4 is 17.6 Å². The number of benzene rings is 1. The van der Waals surface area contributed by atoms with E-state index in [9.17, 15) is 19.7 Å². The number of nitrogens with one attached hydrogen (secondary N) is 1. The van der Waals surface area contributed by atoms with E-state index in [2.05, 4.69) is 5.32 Å². The SMILES string of the molecule is Cc1cc([N+](=O)[O-])ccc1C(=O)NC1CCC(C(=O)O)C1. The van der Waals surface area contributed by atoms with Crippen molar-refractivity contribution in [3.63, 3.8) is 0 Å². The van der Waals surface area contributed by atoms with Crippen molar-refractivity contribution < 1.29 is 19.6 Å². The standard InChI is InChI=1S/C14H16N2O5/c1-8-6-11(16(20)21)4-5-12(8)13(17)15-10-3-2-9(7-10)14(18)19/h4-6,9-10H,2-3,7H2,1H3,(H,15,17)(H,18,19). The maximum Gasteiger partial charge on any atom is 0.306 e. The fraction of sp³-hybridized carbons (Fsp3) is 0.429. The van der Waals surface area contributed by atoms with Crippen molar-refractivity contribution in [2.75, 3.05) is 0 Å². The summed E-state index contributed by atoms with van der Waals surface area (Å²) in [4.78, 5) is 33.2. The summed E-state index contributed by atoms with van der Waals surface area (Å²) in [7, 11) is 0. The zero-order chi connectivity index (χ0) is 15.6. The van der Waals surface area contributed by atoms with Gasteiger partial charge in [0.05, 0.1) is 10.8 Å². The van der Waals surface area contributed by atoms with Gasteiger partial charge in [0.15, 0.2) is 0 Å². The van der Waals surface area contributed by atoms with Gasteiger partial charge in [0.1, 0.15) is 0 Å². The van der Waals surface area contributed by atoms with Crippen molar-refractivity contribution in [1.82, 2.24) is 5.32 Å². The number of non-ortho nitro benzene ring substituents is 1. The number of rotatable bonds is 4. The third-order valence-electron chi connectivity index (χ3n) is 3.78. The van der Waals surface area contributed by atoms with Gasteiger partial charge in [0.2, 0.25) is 0 Å². The molecule has 0 aromatic heterocycles. The minimum Gasteiger partial charge on any atom is -0.481 e. The second-order valence-electron chi connectivity index (χ2n) is 5.27. The fourth-order valence-electron chi connectivity index (χ4n) is 2.62. The van der Waals surface area contributed by atoms with Gasteiger partial charge in [-0.25, -0.2) is 0 Å². The van der Waals surface area contributed by atoms with E-state index in [1.165, 1.54) is 18.2 Å². The molecular weight excluding hydrogens is 276 g/mol. The molecule has 7 heteroatoms. The highest BCUT2D eigenvalue weighted by Crippen LogP contribution is 2.26. The van der Waals surface area contributed by atoms with Crippen molar-refractivity contribution in [2.24, 2.45) is 5.92 Å². The van der Waals surface area contributed by atoms with Gasteiger partial charge in [-0.05, 0) is 37.8 Å². The minimum atomic E-state index is -0.835. The van der Waals surface area contributed by atoms with E-state index in [4.69, 9.17) is 5.11 Å². The number of amides is 1. The molecule has 0 bridgehead atoms. The molecule has 1 aromatic carbocycles. The second-order valence-corrected chi connectivity index (χ2v) is 5.27. The molecule has 2 rings (SSSR count). The third kappa shape index (κ3) is 3.36. The van der Waals surface area contributed by atoms with Crippen LogP contribution in [-0.4, -0.2) is 27.9 Å². The second kappa shape index (κ2) is 5.90. The highest BCUT2D eigenvalue weighted by molar-refractivity contribution is 5.96. The molecule has 0 spiro atoms. The van der Waals surface area contributed by atoms with Crippen LogP contribution in [0.4, 0.5) is 5.69 Å². The Kier molecular flexibility index (Phi) is 4.21. The number of nitro groups is 1. The summed E-state index contributed by atoms with van der Waals surface area (Å²) in [5, 5.41) is 22.4. The maximum absolute atomic E-state index is 12.2. The average Bonchev–Trinajstić information content (AvgIpc) is 2.87. The Morgan fingerprint density at radius 3 is 2.62 bits per heavy atom. The van der Waals surface area contributed by atoms with Gasteiger partial charge in [-0.1, -0.05) is 0 Å². The van der Waals surface area contributed by atoms with E-state index in [1.807, 2.05) is 0 Å². The number of aliphatic carboxylic acids is 1. The van der Waals surface area contributed by atoms with E-state index in [0.717, 1.165) is 0 Å². The Labute approximate surface area is 121 Å². The molecule has 1 amide bonds. The molecule has 1 aliphatic rings. The van der Waals surface area contributed by atoms with E-state index >= 15 is 0 Å². The highest BCUT2D eigenvalue weighted by Gasteiger charge is 2.30. The molecule has 1 saturated carbocycles. The summed E-state index contributed by atoms with van der Waals surface area (Å²) in [5.41, 5.74) is 0.838. The molecule has 1 fully saturated rings. The highest BCUT2D eigenvalue weighted by atomic mass is 16.6. The van der Waals surface area contributed by atoms with Gasteiger partial charge < -0.3 is 10.4 Å². The maximum atomic E-state index is 12.2. The Morgan fingerprint density at radius 1 is 1.38 bits per heavy atom. The number of carbonyl (C=O) groups excluding carboxylic acids is 1. The molecule has 1 aromatic rings. The lowest BCUT2D eigenvalue weighted by Gasteiger charge is -2.13. The number of hydrogen-bond donors (Lipinski definition) is 2. The van der Waals surface area contributed by atoms with Crippen LogP contribution < -0.4 is 5.32 Å². The smallest absolute Gasteiger partial charge is 0.306 e. The molecule has 0 radical (unpaired) electrons. The Balaban J connectivity index is 2.04. The Bertz CT molecular complexity index is 599. The summed E-state index contributed by atoms with van der Waals surface area (Å²) < 4.78 is 0. The van der Waals surface area contributed by atoms with Crippen LogP contribution in [0.5, 0.6) is 0 Å². The van der Waals surface area contributed by atoms with Gasteiger partial charge in [0, 0.05) is 23.7 Å². The molecule has 2 unspecified atom stereocenters. The first-order valence-corrected chi connectivity index (χ1v) is 6.67. The first-order valence-electron chi connectivity index (χ1n) is 6.67. The van der Waals surface area contributed by atoms with Gasteiger partial charge >= 0.3 is 5.97 Å². The van der Waals surface area contributed by atoms with Crippen LogP contribution in [0, 0.1) is 23.0 Å². The molecule has 0 saturated heterocycles. The van der Waals surface area contributed by atoms with Crippen molar-refractivity contribution in [1.29, 1.82) is 0 Å². The molecule has 1 aliphatic carbocycles. The third-order valence-corrected chi connectivity index (χ3v) is 3.78. The lowest BCUT2D eigenvalue weighted by atomic mass is 10.1. The van der Waals surface area contributed by atoms with Crippen LogP contribution in [0.25, 0.3) is 0 Å². The van der Waals surface area contributed by atoms with Gasteiger partial charge in [-0.15, -0.1) is 0 Å². The number of nitrogens with zero attached hydrogens (tertiary/aromatic N) is 1. The van der Waals surface area contributed by atoms with Crippen LogP contribution in [0.3, 0.4) is 0 Å². The quantitative estimate of drug-likeness (QED) is 0.650. The number of carboxylic acid groups (broad SMARTS) is 1. The zero-order valence-electron chi connectivity index (χ0n) is 11.5. The predicted octanol–water partition coefficient (Wildman–Crippen LogP) is 1.89. The van der Waals surface area contributed by atoms with Gasteiger partial charge in [-0.2, -0.15) is 0 Å². The van der Waals surface area contributed by atoms with E-state index < -0.39 is 16.8 Å². The molecule has 0 aliphatic heterocycles. The molecule has 21 heavy (non-hydrogen) atoms. The van der Waals surface area contributed by atoms with Crippen LogP contribution in [0.2, 0.25) is 0 Å². The topological polar surface area (TPSA) is 110 Å². The van der Waals surface area contributed by atoms with Crippen molar-refractivity contribution in [3.8, 4) is 0 Å². The number of nitro benzene ring substituents is 1. The van der Waals surface area contributed by atoms with E-state index in [1.54, 1.807) is 6.92 Å². The molecular formula is C14H16N2O5. The predicted molar refractivity (Wildman–Crippen MR) is 74.1 cm³/mol. The fourth-order valence-corrected chi connectivity index (χ4v) is 2.62. The number of carboxylic acids is 1. The van der Waals surface area contributed by atoms with Crippen LogP contribution in [-0.2, 0) is 4.79 Å². The normalized spacial score (nSPS) is 21.0. The molecule has 2 N–H and O–H groups in total. The Hall–Kier alpha value is -2.44. The molecule has 112 valence electrons. The lowest BCUT2D eigenvalue weighted by Crippen LogP contribution is -2.33. The molecule has 0 heterocycles. The van der Waals surface area contributed by atoms with Crippen LogP contribution >= 0.6 is 0 Å². The monoisotopic (exact) mass is 292 g/mol. The summed E-state index contributed by atoms with van der Waals surface area (Å²) in [6.07, 6.45) is 1.61. The number of carbonyl (C=O) groups is 2. The minimum absolute atomic E-state index is 0.0594. The number of aryl methyl sites for hydroxylation is 1. The van der Waals surface area contributed by atoms with E-state index in [-0.39, 0.29) is 17.6 Å². The largest absolute Gasteiger partial charge is 0.481 e. The summed E-state index contributed by atoms with van der Waals surface area (Å²) >= 11 is 0. The Morgan fingerprint density at radius 2 is 2.10 bits per heavy atom. The summed E-state index contributed by atoms with van der Waals surface area (Å²) in [6.45, 7) is 1.64. The van der Waals surface area contributed by atoms with Crippen molar-refractivity contribution in [3.05, 3.63) is 39.4 Å².